The summed E-state index contributed by atoms with van der Waals surface area (Å²) in [5.74, 6) is -0.303. The second kappa shape index (κ2) is 4.55. The van der Waals surface area contributed by atoms with Gasteiger partial charge < -0.3 is 5.73 Å². The normalized spacial score (nSPS) is 13.1. The van der Waals surface area contributed by atoms with Gasteiger partial charge in [-0.2, -0.15) is 5.10 Å². The lowest BCUT2D eigenvalue weighted by atomic mass is 10.0. The van der Waals surface area contributed by atoms with Gasteiger partial charge in [0.15, 0.2) is 0 Å². The van der Waals surface area contributed by atoms with E-state index in [1.807, 2.05) is 37.2 Å². The molecule has 0 radical (unpaired) electrons. The molecule has 1 unspecified atom stereocenters. The van der Waals surface area contributed by atoms with E-state index >= 15 is 0 Å². The predicted molar refractivity (Wildman–Crippen MR) is 66.5 cm³/mol. The van der Waals surface area contributed by atoms with Gasteiger partial charge in [0.05, 0.1) is 17.8 Å². The van der Waals surface area contributed by atoms with Gasteiger partial charge in [0.1, 0.15) is 0 Å². The van der Waals surface area contributed by atoms with Crippen molar-refractivity contribution in [2.24, 2.45) is 5.73 Å². The number of H-pyrrole nitrogens is 1. The molecule has 1 aromatic heterocycles. The van der Waals surface area contributed by atoms with Crippen LogP contribution in [-0.2, 0) is 11.2 Å². The van der Waals surface area contributed by atoms with Crippen LogP contribution in [0.4, 0.5) is 0 Å². The molecule has 0 aliphatic rings. The number of carbonyl (C=O) groups excluding carboxylic acids is 1. The van der Waals surface area contributed by atoms with Crippen molar-refractivity contribution in [3.05, 3.63) is 30.0 Å². The fraction of sp³-hybridized carbons (Fsp3) is 0.333. The maximum absolute atomic E-state index is 11.3. The van der Waals surface area contributed by atoms with Crippen molar-refractivity contribution in [3.63, 3.8) is 0 Å². The number of amides is 1. The Morgan fingerprint density at radius 1 is 1.53 bits per heavy atom. The first-order valence-corrected chi connectivity index (χ1v) is 5.45. The zero-order valence-electron chi connectivity index (χ0n) is 9.97. The van der Waals surface area contributed by atoms with Gasteiger partial charge in [-0.15, -0.1) is 0 Å². The lowest BCUT2D eigenvalue weighted by Gasteiger charge is -2.20. The summed E-state index contributed by atoms with van der Waals surface area (Å²) in [6.07, 6.45) is 2.39. The largest absolute Gasteiger partial charge is 0.368 e. The Kier molecular flexibility index (Phi) is 3.10. The number of fused-ring (bicyclic) bond motifs is 1. The standard InChI is InChI=1S/C12H16N4O/c1-16(2)11(12(13)17)6-8-3-4-10-9(5-8)7-14-15-10/h3-5,7,11H,6H2,1-2H3,(H2,13,17)(H,14,15). The Bertz CT molecular complexity index is 532. The monoisotopic (exact) mass is 232 g/mol. The number of likely N-dealkylation sites (N-methyl/N-ethyl adjacent to an activating group) is 1. The van der Waals surface area contributed by atoms with Crippen LogP contribution in [0, 0.1) is 0 Å². The molecule has 0 bridgehead atoms. The number of primary amides is 1. The Morgan fingerprint density at radius 3 is 2.94 bits per heavy atom. The topological polar surface area (TPSA) is 75.0 Å². The molecule has 5 nitrogen and oxygen atoms in total. The number of benzene rings is 1. The van der Waals surface area contributed by atoms with E-state index < -0.39 is 0 Å². The number of rotatable bonds is 4. The van der Waals surface area contributed by atoms with Crippen molar-refractivity contribution in [1.82, 2.24) is 15.1 Å². The molecule has 0 spiro atoms. The summed E-state index contributed by atoms with van der Waals surface area (Å²) in [6.45, 7) is 0. The Morgan fingerprint density at radius 2 is 2.29 bits per heavy atom. The summed E-state index contributed by atoms with van der Waals surface area (Å²) in [4.78, 5) is 13.2. The van der Waals surface area contributed by atoms with Crippen LogP contribution in [0.2, 0.25) is 0 Å². The average molecular weight is 232 g/mol. The van der Waals surface area contributed by atoms with E-state index in [4.69, 9.17) is 5.73 Å². The van der Waals surface area contributed by atoms with Crippen molar-refractivity contribution in [3.8, 4) is 0 Å². The summed E-state index contributed by atoms with van der Waals surface area (Å²) in [6, 6.07) is 5.70. The molecule has 90 valence electrons. The van der Waals surface area contributed by atoms with Crippen LogP contribution >= 0.6 is 0 Å². The zero-order valence-corrected chi connectivity index (χ0v) is 9.97. The van der Waals surface area contributed by atoms with Gasteiger partial charge in [0, 0.05) is 5.39 Å². The minimum Gasteiger partial charge on any atom is -0.368 e. The molecule has 1 aromatic carbocycles. The molecule has 1 atom stereocenters. The molecule has 17 heavy (non-hydrogen) atoms. The highest BCUT2D eigenvalue weighted by atomic mass is 16.1. The molecular formula is C12H16N4O. The Hall–Kier alpha value is -1.88. The van der Waals surface area contributed by atoms with E-state index in [0.29, 0.717) is 6.42 Å². The lowest BCUT2D eigenvalue weighted by Crippen LogP contribution is -2.41. The first-order chi connectivity index (χ1) is 8.08. The number of aromatic nitrogens is 2. The van der Waals surface area contributed by atoms with E-state index in [-0.39, 0.29) is 11.9 Å². The molecule has 2 rings (SSSR count). The second-order valence-electron chi connectivity index (χ2n) is 4.38. The van der Waals surface area contributed by atoms with Crippen molar-refractivity contribution in [2.75, 3.05) is 14.1 Å². The van der Waals surface area contributed by atoms with Crippen molar-refractivity contribution in [1.29, 1.82) is 0 Å². The third-order valence-corrected chi connectivity index (χ3v) is 2.89. The van der Waals surface area contributed by atoms with Crippen molar-refractivity contribution < 1.29 is 4.79 Å². The van der Waals surface area contributed by atoms with Crippen molar-refractivity contribution in [2.45, 2.75) is 12.5 Å². The highest BCUT2D eigenvalue weighted by Gasteiger charge is 2.18. The maximum atomic E-state index is 11.3. The Balaban J connectivity index is 2.24. The molecule has 0 fully saturated rings. The van der Waals surface area contributed by atoms with Crippen LogP contribution in [0.3, 0.4) is 0 Å². The van der Waals surface area contributed by atoms with Crippen LogP contribution in [0.25, 0.3) is 10.9 Å². The van der Waals surface area contributed by atoms with E-state index in [1.165, 1.54) is 0 Å². The fourth-order valence-corrected chi connectivity index (χ4v) is 1.88. The number of nitrogens with two attached hydrogens (primary N) is 1. The van der Waals surface area contributed by atoms with Crippen LogP contribution in [-0.4, -0.2) is 41.1 Å². The minimum atomic E-state index is -0.303. The summed E-state index contributed by atoms with van der Waals surface area (Å²) < 4.78 is 0. The molecule has 0 saturated heterocycles. The SMILES string of the molecule is CN(C)C(Cc1ccc2[nH]ncc2c1)C(N)=O. The van der Waals surface area contributed by atoms with E-state index in [1.54, 1.807) is 6.20 Å². The number of hydrogen-bond acceptors (Lipinski definition) is 3. The first kappa shape index (κ1) is 11.6. The Labute approximate surface area is 99.6 Å². The molecule has 0 aliphatic heterocycles. The average Bonchev–Trinajstić information content (AvgIpc) is 2.71. The molecular weight excluding hydrogens is 216 g/mol. The van der Waals surface area contributed by atoms with Gasteiger partial charge >= 0.3 is 0 Å². The van der Waals surface area contributed by atoms with Gasteiger partial charge in [-0.25, -0.2) is 0 Å². The first-order valence-electron chi connectivity index (χ1n) is 5.45. The van der Waals surface area contributed by atoms with Gasteiger partial charge in [0.2, 0.25) is 5.91 Å². The number of aromatic amines is 1. The predicted octanol–water partition coefficient (Wildman–Crippen LogP) is 0.521. The van der Waals surface area contributed by atoms with Crippen LogP contribution in [0.15, 0.2) is 24.4 Å². The van der Waals surface area contributed by atoms with E-state index in [9.17, 15) is 4.79 Å². The van der Waals surface area contributed by atoms with Gasteiger partial charge in [-0.05, 0) is 38.2 Å². The van der Waals surface area contributed by atoms with Crippen LogP contribution in [0.1, 0.15) is 5.56 Å². The van der Waals surface area contributed by atoms with Gasteiger partial charge in [-0.1, -0.05) is 6.07 Å². The highest BCUT2D eigenvalue weighted by molar-refractivity contribution is 5.81. The summed E-state index contributed by atoms with van der Waals surface area (Å²) in [7, 11) is 3.71. The molecule has 5 heteroatoms. The summed E-state index contributed by atoms with van der Waals surface area (Å²) in [5, 5.41) is 7.90. The quantitative estimate of drug-likeness (QED) is 0.807. The molecule has 0 saturated carbocycles. The summed E-state index contributed by atoms with van der Waals surface area (Å²) >= 11 is 0. The number of nitrogens with one attached hydrogen (secondary N) is 1. The molecule has 1 amide bonds. The molecule has 0 aliphatic carbocycles. The zero-order chi connectivity index (χ0) is 12.4. The third kappa shape index (κ3) is 2.45. The second-order valence-corrected chi connectivity index (χ2v) is 4.38. The van der Waals surface area contributed by atoms with Gasteiger partial charge in [-0.3, -0.25) is 14.8 Å². The summed E-state index contributed by atoms with van der Waals surface area (Å²) in [5.41, 5.74) is 7.45. The third-order valence-electron chi connectivity index (χ3n) is 2.89. The van der Waals surface area contributed by atoms with E-state index in [2.05, 4.69) is 10.2 Å². The van der Waals surface area contributed by atoms with Crippen LogP contribution in [0.5, 0.6) is 0 Å². The number of hydrogen-bond donors (Lipinski definition) is 2. The molecule has 1 heterocycles. The maximum Gasteiger partial charge on any atom is 0.235 e. The number of carbonyl (C=O) groups is 1. The highest BCUT2D eigenvalue weighted by Crippen LogP contribution is 2.15. The minimum absolute atomic E-state index is 0.278. The molecule has 3 N–H and O–H groups in total. The van der Waals surface area contributed by atoms with Gasteiger partial charge in [0.25, 0.3) is 0 Å². The fourth-order valence-electron chi connectivity index (χ4n) is 1.88. The number of nitrogens with zero attached hydrogens (tertiary/aromatic N) is 2. The van der Waals surface area contributed by atoms with Crippen molar-refractivity contribution >= 4 is 16.8 Å². The smallest absolute Gasteiger partial charge is 0.235 e. The van der Waals surface area contributed by atoms with E-state index in [0.717, 1.165) is 16.5 Å². The lowest BCUT2D eigenvalue weighted by molar-refractivity contribution is -0.122. The van der Waals surface area contributed by atoms with Crippen LogP contribution < -0.4 is 5.73 Å². The molecule has 2 aromatic rings.